The Morgan fingerprint density at radius 3 is 2.08 bits per heavy atom. The predicted molar refractivity (Wildman–Crippen MR) is 49.3 cm³/mol. The molecule has 0 bridgehead atoms. The zero-order chi connectivity index (χ0) is 10.2. The molecule has 3 nitrogen and oxygen atoms in total. The van der Waals surface area contributed by atoms with Crippen molar-refractivity contribution < 1.29 is 15.0 Å². The van der Waals surface area contributed by atoms with Gasteiger partial charge in [0, 0.05) is 0 Å². The molecule has 0 aromatic rings. The van der Waals surface area contributed by atoms with Gasteiger partial charge >= 0.3 is 5.97 Å². The fourth-order valence-electron chi connectivity index (χ4n) is 1.99. The Balaban J connectivity index is 2.65. The van der Waals surface area contributed by atoms with Gasteiger partial charge < -0.3 is 10.2 Å². The molecule has 0 aliphatic heterocycles. The van der Waals surface area contributed by atoms with Gasteiger partial charge in [-0.1, -0.05) is 20.8 Å². The molecule has 0 heterocycles. The first-order valence-electron chi connectivity index (χ1n) is 4.73. The predicted octanol–water partition coefficient (Wildman–Crippen LogP) is 1.50. The third-order valence-electron chi connectivity index (χ3n) is 3.07. The Kier molecular flexibility index (Phi) is 2.66. The molecule has 3 heteroatoms. The first-order valence-corrected chi connectivity index (χ1v) is 4.73. The number of aliphatic hydroxyl groups excluding tert-OH is 1. The standard InChI is InChI=1S/C10H18O3/c1-10(2,3)6-4-7(9(12)13)8(11)5-6/h6-8,11H,4-5H2,1-3H3,(H,12,13)/t6-,7-,8+/m0/s1. The van der Waals surface area contributed by atoms with E-state index >= 15 is 0 Å². The van der Waals surface area contributed by atoms with Crippen molar-refractivity contribution in [2.45, 2.75) is 39.7 Å². The van der Waals surface area contributed by atoms with Gasteiger partial charge in [0.05, 0.1) is 12.0 Å². The van der Waals surface area contributed by atoms with E-state index in [1.807, 2.05) is 0 Å². The van der Waals surface area contributed by atoms with Crippen LogP contribution in [0.2, 0.25) is 0 Å². The highest BCUT2D eigenvalue weighted by Crippen LogP contribution is 2.42. The molecule has 0 saturated heterocycles. The molecule has 0 spiro atoms. The van der Waals surface area contributed by atoms with Crippen molar-refractivity contribution >= 4 is 5.97 Å². The van der Waals surface area contributed by atoms with E-state index in [2.05, 4.69) is 20.8 Å². The Morgan fingerprint density at radius 1 is 1.31 bits per heavy atom. The van der Waals surface area contributed by atoms with Gasteiger partial charge in [-0.15, -0.1) is 0 Å². The number of carboxylic acids is 1. The van der Waals surface area contributed by atoms with Crippen LogP contribution in [-0.2, 0) is 4.79 Å². The van der Waals surface area contributed by atoms with Gasteiger partial charge in [0.25, 0.3) is 0 Å². The third kappa shape index (κ3) is 2.21. The Labute approximate surface area is 78.8 Å². The normalized spacial score (nSPS) is 34.9. The Bertz CT molecular complexity index is 205. The second kappa shape index (κ2) is 3.29. The molecule has 2 N–H and O–H groups in total. The summed E-state index contributed by atoms with van der Waals surface area (Å²) in [7, 11) is 0. The van der Waals surface area contributed by atoms with E-state index in [0.717, 1.165) is 0 Å². The minimum absolute atomic E-state index is 0.102. The van der Waals surface area contributed by atoms with Gasteiger partial charge in [-0.25, -0.2) is 0 Å². The topological polar surface area (TPSA) is 57.5 Å². The average Bonchev–Trinajstić information content (AvgIpc) is 2.29. The van der Waals surface area contributed by atoms with Gasteiger partial charge in [-0.3, -0.25) is 4.79 Å². The van der Waals surface area contributed by atoms with Crippen LogP contribution in [0, 0.1) is 17.3 Å². The molecule has 0 aromatic heterocycles. The van der Waals surface area contributed by atoms with Crippen LogP contribution in [0.4, 0.5) is 0 Å². The van der Waals surface area contributed by atoms with Crippen LogP contribution in [0.5, 0.6) is 0 Å². The molecule has 1 saturated carbocycles. The van der Waals surface area contributed by atoms with Crippen LogP contribution in [0.25, 0.3) is 0 Å². The maximum atomic E-state index is 10.7. The quantitative estimate of drug-likeness (QED) is 0.652. The summed E-state index contributed by atoms with van der Waals surface area (Å²) in [4.78, 5) is 10.7. The van der Waals surface area contributed by atoms with Crippen LogP contribution < -0.4 is 0 Å². The number of carbonyl (C=O) groups is 1. The van der Waals surface area contributed by atoms with Crippen molar-refractivity contribution in [2.75, 3.05) is 0 Å². The summed E-state index contributed by atoms with van der Waals surface area (Å²) in [5.74, 6) is -1.09. The van der Waals surface area contributed by atoms with E-state index in [0.29, 0.717) is 18.8 Å². The van der Waals surface area contributed by atoms with E-state index in [4.69, 9.17) is 5.11 Å². The van der Waals surface area contributed by atoms with Crippen molar-refractivity contribution in [3.8, 4) is 0 Å². The summed E-state index contributed by atoms with van der Waals surface area (Å²) in [6.07, 6.45) is 0.585. The number of aliphatic hydroxyl groups is 1. The lowest BCUT2D eigenvalue weighted by Crippen LogP contribution is -2.21. The van der Waals surface area contributed by atoms with E-state index in [1.165, 1.54) is 0 Å². The van der Waals surface area contributed by atoms with Gasteiger partial charge in [-0.05, 0) is 24.2 Å². The van der Waals surface area contributed by atoms with Crippen LogP contribution >= 0.6 is 0 Å². The second-order valence-corrected chi connectivity index (χ2v) is 5.05. The smallest absolute Gasteiger partial charge is 0.309 e. The highest BCUT2D eigenvalue weighted by molar-refractivity contribution is 5.71. The highest BCUT2D eigenvalue weighted by atomic mass is 16.4. The first kappa shape index (κ1) is 10.5. The minimum atomic E-state index is -0.862. The number of hydrogen-bond acceptors (Lipinski definition) is 2. The van der Waals surface area contributed by atoms with E-state index in [1.54, 1.807) is 0 Å². The molecule has 1 aliphatic carbocycles. The van der Waals surface area contributed by atoms with Crippen LogP contribution in [-0.4, -0.2) is 22.3 Å². The highest BCUT2D eigenvalue weighted by Gasteiger charge is 2.42. The van der Waals surface area contributed by atoms with Gasteiger partial charge in [0.15, 0.2) is 0 Å². The van der Waals surface area contributed by atoms with Gasteiger partial charge in [0.2, 0.25) is 0 Å². The summed E-state index contributed by atoms with van der Waals surface area (Å²) in [6, 6.07) is 0. The first-order chi connectivity index (χ1) is 5.82. The monoisotopic (exact) mass is 186 g/mol. The van der Waals surface area contributed by atoms with Crippen LogP contribution in [0.3, 0.4) is 0 Å². The molecule has 0 radical (unpaired) electrons. The van der Waals surface area contributed by atoms with Crippen molar-refractivity contribution in [2.24, 2.45) is 17.3 Å². The molecule has 13 heavy (non-hydrogen) atoms. The summed E-state index contributed by atoms with van der Waals surface area (Å²) in [6.45, 7) is 6.28. The minimum Gasteiger partial charge on any atom is -0.481 e. The Morgan fingerprint density at radius 2 is 1.85 bits per heavy atom. The number of aliphatic carboxylic acids is 1. The average molecular weight is 186 g/mol. The summed E-state index contributed by atoms with van der Waals surface area (Å²) in [5, 5.41) is 18.3. The van der Waals surface area contributed by atoms with Crippen LogP contribution in [0.1, 0.15) is 33.6 Å². The molecule has 0 unspecified atom stereocenters. The molecule has 0 aromatic carbocycles. The fraction of sp³-hybridized carbons (Fsp3) is 0.900. The molecular formula is C10H18O3. The lowest BCUT2D eigenvalue weighted by atomic mass is 9.79. The lowest BCUT2D eigenvalue weighted by Gasteiger charge is -2.26. The lowest BCUT2D eigenvalue weighted by molar-refractivity contribution is -0.144. The molecule has 1 aliphatic rings. The van der Waals surface area contributed by atoms with Crippen LogP contribution in [0.15, 0.2) is 0 Å². The van der Waals surface area contributed by atoms with E-state index < -0.39 is 18.0 Å². The van der Waals surface area contributed by atoms with Crippen molar-refractivity contribution in [3.63, 3.8) is 0 Å². The summed E-state index contributed by atoms with van der Waals surface area (Å²) < 4.78 is 0. The van der Waals surface area contributed by atoms with Gasteiger partial charge in [0.1, 0.15) is 0 Å². The van der Waals surface area contributed by atoms with Crippen molar-refractivity contribution in [3.05, 3.63) is 0 Å². The van der Waals surface area contributed by atoms with Gasteiger partial charge in [-0.2, -0.15) is 0 Å². The fourth-order valence-corrected chi connectivity index (χ4v) is 1.99. The largest absolute Gasteiger partial charge is 0.481 e. The van der Waals surface area contributed by atoms with E-state index in [9.17, 15) is 9.90 Å². The summed E-state index contributed by atoms with van der Waals surface area (Å²) in [5.41, 5.74) is 0.102. The molecule has 76 valence electrons. The summed E-state index contributed by atoms with van der Waals surface area (Å²) >= 11 is 0. The molecular weight excluding hydrogens is 168 g/mol. The number of carboxylic acid groups (broad SMARTS) is 1. The zero-order valence-electron chi connectivity index (χ0n) is 8.45. The molecule has 1 rings (SSSR count). The zero-order valence-corrected chi connectivity index (χ0v) is 8.45. The molecule has 0 amide bonds. The molecule has 1 fully saturated rings. The van der Waals surface area contributed by atoms with E-state index in [-0.39, 0.29) is 5.41 Å². The molecule has 3 atom stereocenters. The Hall–Kier alpha value is -0.570. The number of hydrogen-bond donors (Lipinski definition) is 2. The maximum Gasteiger partial charge on any atom is 0.309 e. The second-order valence-electron chi connectivity index (χ2n) is 5.05. The van der Waals surface area contributed by atoms with Crippen molar-refractivity contribution in [1.29, 1.82) is 0 Å². The number of rotatable bonds is 1. The SMILES string of the molecule is CC(C)(C)[C@@H]1C[C@@H](O)[C@@H](C(=O)O)C1. The third-order valence-corrected chi connectivity index (χ3v) is 3.07. The maximum absolute atomic E-state index is 10.7. The van der Waals surface area contributed by atoms with Crippen molar-refractivity contribution in [1.82, 2.24) is 0 Å².